The number of hydrogen-bond acceptors (Lipinski definition) is 2. The number of rotatable bonds is 3. The van der Waals surface area contributed by atoms with Crippen LogP contribution in [0.15, 0.2) is 24.3 Å². The number of thiol groups is 1. The van der Waals surface area contributed by atoms with Gasteiger partial charge in [0.15, 0.2) is 0 Å². The summed E-state index contributed by atoms with van der Waals surface area (Å²) in [6, 6.07) is 4.73. The van der Waals surface area contributed by atoms with Crippen molar-refractivity contribution in [2.75, 3.05) is 5.75 Å². The van der Waals surface area contributed by atoms with Crippen LogP contribution in [-0.2, 0) is 0 Å². The molecule has 1 rings (SSSR count). The first-order chi connectivity index (χ1) is 5.83. The Bertz CT molecular complexity index is 273. The highest BCUT2D eigenvalue weighted by Gasteiger charge is 1.90. The molecule has 64 valence electrons. The summed E-state index contributed by atoms with van der Waals surface area (Å²) in [5.41, 5.74) is 0.650. The Kier molecular flexibility index (Phi) is 3.80. The second-order valence-electron chi connectivity index (χ2n) is 2.30. The molecule has 0 unspecified atom stereocenters. The highest BCUT2D eigenvalue weighted by atomic mass is 32.1. The van der Waals surface area contributed by atoms with Crippen molar-refractivity contribution >= 4 is 18.7 Å². The Morgan fingerprint density at radius 3 is 3.00 bits per heavy atom. The molecule has 0 radical (unpaired) electrons. The van der Waals surface area contributed by atoms with E-state index in [1.807, 2.05) is 6.08 Å². The molecule has 0 N–H and O–H groups in total. The summed E-state index contributed by atoms with van der Waals surface area (Å²) in [6.07, 6.45) is 4.59. The summed E-state index contributed by atoms with van der Waals surface area (Å²) in [4.78, 5) is 3.67. The predicted molar refractivity (Wildman–Crippen MR) is 51.7 cm³/mol. The van der Waals surface area contributed by atoms with Crippen LogP contribution in [0.1, 0.15) is 12.1 Å². The fourth-order valence-corrected chi connectivity index (χ4v) is 0.944. The van der Waals surface area contributed by atoms with Gasteiger partial charge in [-0.25, -0.2) is 4.98 Å². The lowest BCUT2D eigenvalue weighted by molar-refractivity contribution is 0.583. The van der Waals surface area contributed by atoms with Crippen molar-refractivity contribution in [3.8, 4) is 0 Å². The smallest absolute Gasteiger partial charge is 0.213 e. The molecule has 0 aromatic carbocycles. The highest BCUT2D eigenvalue weighted by Crippen LogP contribution is 2.00. The third kappa shape index (κ3) is 3.05. The van der Waals surface area contributed by atoms with Gasteiger partial charge < -0.3 is 0 Å². The minimum atomic E-state index is -0.442. The second-order valence-corrected chi connectivity index (χ2v) is 2.75. The standard InChI is InChI=1S/C9H10FNS/c10-9-6-3-5-8(11-9)4-1-2-7-12/h1,3-6,12H,2,7H2. The molecule has 0 aliphatic rings. The summed E-state index contributed by atoms with van der Waals surface area (Å²) < 4.78 is 12.5. The fourth-order valence-electron chi connectivity index (χ4n) is 0.795. The molecule has 0 fully saturated rings. The molecule has 1 heterocycles. The van der Waals surface area contributed by atoms with Crippen LogP contribution in [0.2, 0.25) is 0 Å². The van der Waals surface area contributed by atoms with Gasteiger partial charge in [0.05, 0.1) is 5.69 Å². The molecule has 0 saturated carbocycles. The molecular weight excluding hydrogens is 173 g/mol. The Balaban J connectivity index is 2.63. The number of allylic oxidation sites excluding steroid dienone is 1. The van der Waals surface area contributed by atoms with Crippen LogP contribution in [-0.4, -0.2) is 10.7 Å². The van der Waals surface area contributed by atoms with E-state index >= 15 is 0 Å². The monoisotopic (exact) mass is 183 g/mol. The van der Waals surface area contributed by atoms with Crippen LogP contribution < -0.4 is 0 Å². The molecule has 0 aliphatic carbocycles. The zero-order valence-electron chi connectivity index (χ0n) is 6.57. The van der Waals surface area contributed by atoms with E-state index < -0.39 is 5.95 Å². The van der Waals surface area contributed by atoms with Crippen LogP contribution in [0.4, 0.5) is 4.39 Å². The van der Waals surface area contributed by atoms with Gasteiger partial charge in [0.25, 0.3) is 0 Å². The maximum absolute atomic E-state index is 12.5. The Hall–Kier alpha value is -0.830. The SMILES string of the molecule is Fc1cccc(C=CCCS)n1. The van der Waals surface area contributed by atoms with Gasteiger partial charge in [-0.1, -0.05) is 12.1 Å². The van der Waals surface area contributed by atoms with E-state index in [1.165, 1.54) is 6.07 Å². The van der Waals surface area contributed by atoms with Gasteiger partial charge in [0, 0.05) is 0 Å². The molecule has 1 aromatic heterocycles. The van der Waals surface area contributed by atoms with Gasteiger partial charge in [-0.15, -0.1) is 0 Å². The van der Waals surface area contributed by atoms with Gasteiger partial charge in [0.1, 0.15) is 0 Å². The number of nitrogens with zero attached hydrogens (tertiary/aromatic N) is 1. The van der Waals surface area contributed by atoms with E-state index in [2.05, 4.69) is 17.6 Å². The topological polar surface area (TPSA) is 12.9 Å². The third-order valence-electron chi connectivity index (χ3n) is 1.32. The zero-order chi connectivity index (χ0) is 8.81. The summed E-state index contributed by atoms with van der Waals surface area (Å²) in [5.74, 6) is 0.356. The normalized spacial score (nSPS) is 10.8. The fraction of sp³-hybridized carbons (Fsp3) is 0.222. The van der Waals surface area contributed by atoms with Gasteiger partial charge in [0.2, 0.25) is 5.95 Å². The van der Waals surface area contributed by atoms with Crippen LogP contribution in [0.5, 0.6) is 0 Å². The molecule has 0 saturated heterocycles. The Morgan fingerprint density at radius 1 is 1.50 bits per heavy atom. The lowest BCUT2D eigenvalue weighted by atomic mass is 10.3. The lowest BCUT2D eigenvalue weighted by Gasteiger charge is -1.91. The maximum Gasteiger partial charge on any atom is 0.213 e. The summed E-state index contributed by atoms with van der Waals surface area (Å²) >= 11 is 4.04. The largest absolute Gasteiger partial charge is 0.220 e. The highest BCUT2D eigenvalue weighted by molar-refractivity contribution is 7.80. The van der Waals surface area contributed by atoms with Crippen LogP contribution in [0.3, 0.4) is 0 Å². The minimum Gasteiger partial charge on any atom is -0.220 e. The Labute approximate surface area is 76.7 Å². The first kappa shape index (κ1) is 9.26. The molecule has 0 spiro atoms. The van der Waals surface area contributed by atoms with E-state index in [0.29, 0.717) is 5.69 Å². The predicted octanol–water partition coefficient (Wildman–Crippen LogP) is 2.55. The first-order valence-electron chi connectivity index (χ1n) is 3.73. The van der Waals surface area contributed by atoms with E-state index in [0.717, 1.165) is 12.2 Å². The number of hydrogen-bond donors (Lipinski definition) is 1. The van der Waals surface area contributed by atoms with Crippen molar-refractivity contribution in [2.45, 2.75) is 6.42 Å². The first-order valence-corrected chi connectivity index (χ1v) is 4.36. The molecule has 0 bridgehead atoms. The minimum absolute atomic E-state index is 0.442. The third-order valence-corrected chi connectivity index (χ3v) is 1.58. The van der Waals surface area contributed by atoms with E-state index in [-0.39, 0.29) is 0 Å². The van der Waals surface area contributed by atoms with E-state index in [1.54, 1.807) is 18.2 Å². The molecule has 3 heteroatoms. The average Bonchev–Trinajstić information content (AvgIpc) is 2.05. The Morgan fingerprint density at radius 2 is 2.33 bits per heavy atom. The molecule has 0 aliphatic heterocycles. The molecular formula is C9H10FNS. The molecule has 0 atom stereocenters. The van der Waals surface area contributed by atoms with Crippen LogP contribution in [0, 0.1) is 5.95 Å². The number of pyridine rings is 1. The van der Waals surface area contributed by atoms with Crippen LogP contribution >= 0.6 is 12.6 Å². The molecule has 1 aromatic rings. The summed E-state index contributed by atoms with van der Waals surface area (Å²) in [7, 11) is 0. The van der Waals surface area contributed by atoms with Gasteiger partial charge in [-0.3, -0.25) is 0 Å². The second kappa shape index (κ2) is 4.93. The van der Waals surface area contributed by atoms with Crippen molar-refractivity contribution in [3.63, 3.8) is 0 Å². The van der Waals surface area contributed by atoms with Gasteiger partial charge >= 0.3 is 0 Å². The van der Waals surface area contributed by atoms with Crippen molar-refractivity contribution < 1.29 is 4.39 Å². The summed E-state index contributed by atoms with van der Waals surface area (Å²) in [6.45, 7) is 0. The van der Waals surface area contributed by atoms with Crippen molar-refractivity contribution in [1.29, 1.82) is 0 Å². The molecule has 12 heavy (non-hydrogen) atoms. The van der Waals surface area contributed by atoms with Crippen molar-refractivity contribution in [1.82, 2.24) is 4.98 Å². The number of aromatic nitrogens is 1. The van der Waals surface area contributed by atoms with Crippen molar-refractivity contribution in [2.24, 2.45) is 0 Å². The zero-order valence-corrected chi connectivity index (χ0v) is 7.47. The van der Waals surface area contributed by atoms with E-state index in [4.69, 9.17) is 0 Å². The van der Waals surface area contributed by atoms with Gasteiger partial charge in [-0.05, 0) is 30.4 Å². The van der Waals surface area contributed by atoms with Crippen LogP contribution in [0.25, 0.3) is 6.08 Å². The van der Waals surface area contributed by atoms with E-state index in [9.17, 15) is 4.39 Å². The quantitative estimate of drug-likeness (QED) is 0.561. The van der Waals surface area contributed by atoms with Gasteiger partial charge in [-0.2, -0.15) is 17.0 Å². The lowest BCUT2D eigenvalue weighted by Crippen LogP contribution is -1.84. The number of halogens is 1. The molecule has 0 amide bonds. The summed E-state index contributed by atoms with van der Waals surface area (Å²) in [5, 5.41) is 0. The molecule has 1 nitrogen and oxygen atoms in total. The maximum atomic E-state index is 12.5. The van der Waals surface area contributed by atoms with Crippen molar-refractivity contribution in [3.05, 3.63) is 35.9 Å². The average molecular weight is 183 g/mol.